The number of benzene rings is 2. The molecule has 1 amide bonds. The molecule has 1 fully saturated rings. The lowest BCUT2D eigenvalue weighted by molar-refractivity contribution is -0.147. The summed E-state index contributed by atoms with van der Waals surface area (Å²) in [6.45, 7) is 6.91. The van der Waals surface area contributed by atoms with Crippen molar-refractivity contribution < 1.29 is 18.7 Å². The number of nitrogens with zero attached hydrogens (tertiary/aromatic N) is 3. The number of piperazine rings is 1. The van der Waals surface area contributed by atoms with E-state index in [0.717, 1.165) is 24.8 Å². The largest absolute Gasteiger partial charge is 0.468 e. The van der Waals surface area contributed by atoms with Crippen LogP contribution in [0.25, 0.3) is 0 Å². The van der Waals surface area contributed by atoms with E-state index < -0.39 is 6.04 Å². The summed E-state index contributed by atoms with van der Waals surface area (Å²) in [6.07, 6.45) is 3.41. The van der Waals surface area contributed by atoms with Gasteiger partial charge < -0.3 is 14.5 Å². The third-order valence-electron chi connectivity index (χ3n) is 6.41. The lowest BCUT2D eigenvalue weighted by atomic mass is 10.0. The number of unbranched alkanes of at least 4 members (excludes halogenated alkanes) is 2. The third-order valence-corrected chi connectivity index (χ3v) is 6.41. The van der Waals surface area contributed by atoms with Crippen molar-refractivity contribution in [3.8, 4) is 0 Å². The van der Waals surface area contributed by atoms with Crippen LogP contribution in [0.2, 0.25) is 0 Å². The maximum atomic E-state index is 15.1. The molecule has 0 spiro atoms. The Hall–Kier alpha value is -2.93. The number of anilines is 2. The van der Waals surface area contributed by atoms with Crippen LogP contribution < -0.4 is 9.80 Å². The Kier molecular flexibility index (Phi) is 9.45. The average Bonchev–Trinajstić information content (AvgIpc) is 2.86. The first kappa shape index (κ1) is 25.7. The van der Waals surface area contributed by atoms with E-state index in [9.17, 15) is 9.59 Å². The molecule has 1 unspecified atom stereocenters. The molecule has 34 heavy (non-hydrogen) atoms. The Morgan fingerprint density at radius 3 is 2.32 bits per heavy atom. The number of hydrogen-bond acceptors (Lipinski definition) is 5. The van der Waals surface area contributed by atoms with Crippen molar-refractivity contribution in [1.29, 1.82) is 0 Å². The van der Waals surface area contributed by atoms with Crippen LogP contribution in [-0.2, 0) is 14.3 Å². The minimum absolute atomic E-state index is 0.0338. The van der Waals surface area contributed by atoms with Gasteiger partial charge in [0, 0.05) is 44.8 Å². The van der Waals surface area contributed by atoms with Gasteiger partial charge in [-0.25, -0.2) is 9.18 Å². The molecule has 1 aliphatic heterocycles. The van der Waals surface area contributed by atoms with E-state index in [-0.39, 0.29) is 17.7 Å². The normalized spacial score (nSPS) is 15.1. The maximum absolute atomic E-state index is 15.1. The number of hydrogen-bond donors (Lipinski definition) is 0. The maximum Gasteiger partial charge on any atom is 0.327 e. The highest BCUT2D eigenvalue weighted by Crippen LogP contribution is 2.29. The SMILES string of the molecule is CCCCCC(=O)N(CC)c1ccc(N2CCN(C(C(=O)OC)c3ccccc3)CC2)c(F)c1. The number of ether oxygens (including phenoxy) is 1. The third kappa shape index (κ3) is 6.14. The molecule has 2 aromatic rings. The fraction of sp³-hybridized carbons (Fsp3) is 0.481. The second kappa shape index (κ2) is 12.5. The van der Waals surface area contributed by atoms with E-state index in [0.29, 0.717) is 50.5 Å². The summed E-state index contributed by atoms with van der Waals surface area (Å²) < 4.78 is 20.2. The minimum atomic E-state index is -0.475. The Balaban J connectivity index is 1.68. The first-order valence-corrected chi connectivity index (χ1v) is 12.2. The molecular formula is C27H36FN3O3. The van der Waals surface area contributed by atoms with Gasteiger partial charge in [-0.05, 0) is 37.1 Å². The molecule has 0 N–H and O–H groups in total. The van der Waals surface area contributed by atoms with E-state index >= 15 is 4.39 Å². The van der Waals surface area contributed by atoms with Crippen LogP contribution in [0, 0.1) is 5.82 Å². The second-order valence-corrected chi connectivity index (χ2v) is 8.59. The fourth-order valence-electron chi connectivity index (χ4n) is 4.55. The summed E-state index contributed by atoms with van der Waals surface area (Å²) in [7, 11) is 1.40. The van der Waals surface area contributed by atoms with Crippen molar-refractivity contribution in [2.24, 2.45) is 0 Å². The van der Waals surface area contributed by atoms with Gasteiger partial charge in [-0.2, -0.15) is 0 Å². The van der Waals surface area contributed by atoms with Crippen molar-refractivity contribution in [3.63, 3.8) is 0 Å². The topological polar surface area (TPSA) is 53.1 Å². The highest BCUT2D eigenvalue weighted by molar-refractivity contribution is 5.93. The predicted molar refractivity (Wildman–Crippen MR) is 134 cm³/mol. The van der Waals surface area contributed by atoms with Crippen LogP contribution in [0.1, 0.15) is 51.1 Å². The molecule has 1 heterocycles. The van der Waals surface area contributed by atoms with E-state index in [1.54, 1.807) is 11.0 Å². The van der Waals surface area contributed by atoms with E-state index in [4.69, 9.17) is 4.74 Å². The van der Waals surface area contributed by atoms with Gasteiger partial charge in [-0.3, -0.25) is 9.69 Å². The van der Waals surface area contributed by atoms with Gasteiger partial charge >= 0.3 is 5.97 Å². The van der Waals surface area contributed by atoms with Gasteiger partial charge in [-0.1, -0.05) is 50.1 Å². The van der Waals surface area contributed by atoms with Crippen LogP contribution in [0.3, 0.4) is 0 Å². The van der Waals surface area contributed by atoms with Gasteiger partial charge in [0.15, 0.2) is 0 Å². The smallest absolute Gasteiger partial charge is 0.327 e. The summed E-state index contributed by atoms with van der Waals surface area (Å²) in [4.78, 5) is 30.8. The molecule has 0 radical (unpaired) electrons. The fourth-order valence-corrected chi connectivity index (χ4v) is 4.55. The van der Waals surface area contributed by atoms with Gasteiger partial charge in [0.25, 0.3) is 0 Å². The number of carbonyl (C=O) groups is 2. The molecular weight excluding hydrogens is 433 g/mol. The Morgan fingerprint density at radius 2 is 1.74 bits per heavy atom. The van der Waals surface area contributed by atoms with Crippen molar-refractivity contribution >= 4 is 23.3 Å². The van der Waals surface area contributed by atoms with Gasteiger partial charge in [0.1, 0.15) is 11.9 Å². The summed E-state index contributed by atoms with van der Waals surface area (Å²) in [5, 5.41) is 0. The standard InChI is InChI=1S/C27H36FN3O3/c1-4-6-8-13-25(32)31(5-2)22-14-15-24(23(28)20-22)29-16-18-30(19-17-29)26(27(33)34-3)21-11-9-7-10-12-21/h7,9-12,14-15,20,26H,4-6,8,13,16-19H2,1-3H3. The van der Waals surface area contributed by atoms with Crippen LogP contribution >= 0.6 is 0 Å². The molecule has 1 saturated heterocycles. The lowest BCUT2D eigenvalue weighted by Gasteiger charge is -2.39. The zero-order valence-electron chi connectivity index (χ0n) is 20.5. The molecule has 3 rings (SSSR count). The number of rotatable bonds is 10. The van der Waals surface area contributed by atoms with Crippen molar-refractivity contribution in [3.05, 3.63) is 59.9 Å². The number of carbonyl (C=O) groups excluding carboxylic acids is 2. The monoisotopic (exact) mass is 469 g/mol. The molecule has 184 valence electrons. The quantitative estimate of drug-likeness (QED) is 0.370. The molecule has 1 aliphatic rings. The summed E-state index contributed by atoms with van der Waals surface area (Å²) >= 11 is 0. The van der Waals surface area contributed by atoms with Crippen molar-refractivity contribution in [2.45, 2.75) is 45.6 Å². The predicted octanol–water partition coefficient (Wildman–Crippen LogP) is 4.80. The van der Waals surface area contributed by atoms with Gasteiger partial charge in [0.05, 0.1) is 12.8 Å². The number of amides is 1. The van der Waals surface area contributed by atoms with Gasteiger partial charge in [0.2, 0.25) is 5.91 Å². The number of halogens is 1. The molecule has 0 saturated carbocycles. The molecule has 0 aromatic heterocycles. The number of esters is 1. The molecule has 6 nitrogen and oxygen atoms in total. The zero-order valence-corrected chi connectivity index (χ0v) is 20.5. The highest BCUT2D eigenvalue weighted by atomic mass is 19.1. The minimum Gasteiger partial charge on any atom is -0.468 e. The highest BCUT2D eigenvalue weighted by Gasteiger charge is 2.31. The molecule has 2 aromatic carbocycles. The molecule has 1 atom stereocenters. The summed E-state index contributed by atoms with van der Waals surface area (Å²) in [6, 6.07) is 14.2. The van der Waals surface area contributed by atoms with Crippen molar-refractivity contribution in [2.75, 3.05) is 49.6 Å². The number of methoxy groups -OCH3 is 1. The average molecular weight is 470 g/mol. The first-order chi connectivity index (χ1) is 16.5. The first-order valence-electron chi connectivity index (χ1n) is 12.2. The molecule has 0 aliphatic carbocycles. The lowest BCUT2D eigenvalue weighted by Crippen LogP contribution is -2.49. The molecule has 0 bridgehead atoms. The van der Waals surface area contributed by atoms with Crippen molar-refractivity contribution in [1.82, 2.24) is 4.90 Å². The van der Waals surface area contributed by atoms with Crippen LogP contribution in [0.15, 0.2) is 48.5 Å². The Bertz CT molecular complexity index is 945. The zero-order chi connectivity index (χ0) is 24.5. The summed E-state index contributed by atoms with van der Waals surface area (Å²) in [5.74, 6) is -0.594. The van der Waals surface area contributed by atoms with Crippen LogP contribution in [0.4, 0.5) is 15.8 Å². The second-order valence-electron chi connectivity index (χ2n) is 8.59. The Labute approximate surface area is 202 Å². The molecule has 7 heteroatoms. The van der Waals surface area contributed by atoms with Crippen LogP contribution in [-0.4, -0.2) is 56.6 Å². The Morgan fingerprint density at radius 1 is 1.03 bits per heavy atom. The van der Waals surface area contributed by atoms with E-state index in [1.807, 2.05) is 48.2 Å². The van der Waals surface area contributed by atoms with E-state index in [2.05, 4.69) is 11.8 Å². The van der Waals surface area contributed by atoms with Gasteiger partial charge in [-0.15, -0.1) is 0 Å². The summed E-state index contributed by atoms with van der Waals surface area (Å²) in [5.41, 5.74) is 2.01. The van der Waals surface area contributed by atoms with Crippen LogP contribution in [0.5, 0.6) is 0 Å². The van der Waals surface area contributed by atoms with E-state index in [1.165, 1.54) is 13.2 Å².